The molecule has 0 radical (unpaired) electrons. The molecule has 8 heteroatoms. The van der Waals surface area contributed by atoms with Gasteiger partial charge in [-0.3, -0.25) is 4.68 Å². The zero-order chi connectivity index (χ0) is 17.6. The first-order chi connectivity index (χ1) is 11.9. The number of anilines is 1. The maximum atomic E-state index is 5.91. The molecule has 1 atom stereocenters. The summed E-state index contributed by atoms with van der Waals surface area (Å²) in [5, 5.41) is 10.1. The van der Waals surface area contributed by atoms with E-state index >= 15 is 0 Å². The van der Waals surface area contributed by atoms with Crippen LogP contribution in [0.15, 0.2) is 18.6 Å². The van der Waals surface area contributed by atoms with Crippen molar-refractivity contribution in [2.24, 2.45) is 0 Å². The number of ether oxygens (including phenoxy) is 1. The molecule has 1 saturated heterocycles. The first kappa shape index (κ1) is 16.5. The van der Waals surface area contributed by atoms with Crippen molar-refractivity contribution in [3.05, 3.63) is 29.8 Å². The number of rotatable bonds is 3. The summed E-state index contributed by atoms with van der Waals surface area (Å²) >= 11 is 1.64. The molecule has 0 amide bonds. The smallest absolute Gasteiger partial charge is 0.214 e. The minimum absolute atomic E-state index is 0.0412. The molecule has 134 valence electrons. The molecule has 7 nitrogen and oxygen atoms in total. The van der Waals surface area contributed by atoms with Gasteiger partial charge in [0.25, 0.3) is 0 Å². The monoisotopic (exact) mass is 360 g/mol. The second-order valence-corrected chi connectivity index (χ2v) is 8.60. The van der Waals surface area contributed by atoms with Gasteiger partial charge in [0.15, 0.2) is 0 Å². The van der Waals surface area contributed by atoms with Crippen LogP contribution in [-0.2, 0) is 16.7 Å². The average molecular weight is 360 g/mol. The summed E-state index contributed by atoms with van der Waals surface area (Å²) in [6.45, 7) is 11.7. The number of hydrogen-bond acceptors (Lipinski definition) is 6. The van der Waals surface area contributed by atoms with Gasteiger partial charge in [-0.2, -0.15) is 5.10 Å². The quantitative estimate of drug-likeness (QED) is 0.718. The number of hydrogen-bond donors (Lipinski definition) is 0. The molecule has 0 aliphatic carbocycles. The van der Waals surface area contributed by atoms with Crippen molar-refractivity contribution in [1.29, 1.82) is 0 Å². The number of morpholine rings is 1. The molecule has 25 heavy (non-hydrogen) atoms. The molecular weight excluding hydrogens is 336 g/mol. The number of imidazole rings is 1. The van der Waals surface area contributed by atoms with Gasteiger partial charge in [0, 0.05) is 24.7 Å². The summed E-state index contributed by atoms with van der Waals surface area (Å²) < 4.78 is 9.77. The van der Waals surface area contributed by atoms with Gasteiger partial charge in [0.2, 0.25) is 10.1 Å². The summed E-state index contributed by atoms with van der Waals surface area (Å²) in [6, 6.07) is 0. The van der Waals surface area contributed by atoms with Crippen LogP contribution in [0.4, 0.5) is 5.13 Å². The van der Waals surface area contributed by atoms with Crippen LogP contribution in [0.1, 0.15) is 32.0 Å². The Bertz CT molecular complexity index is 842. The van der Waals surface area contributed by atoms with Crippen LogP contribution >= 0.6 is 11.3 Å². The van der Waals surface area contributed by atoms with Gasteiger partial charge >= 0.3 is 0 Å². The van der Waals surface area contributed by atoms with Crippen molar-refractivity contribution in [1.82, 2.24) is 24.4 Å². The number of nitrogens with zero attached hydrogens (tertiary/aromatic N) is 6. The van der Waals surface area contributed by atoms with Gasteiger partial charge in [0.1, 0.15) is 0 Å². The van der Waals surface area contributed by atoms with Gasteiger partial charge in [-0.25, -0.2) is 9.50 Å². The third-order valence-electron chi connectivity index (χ3n) is 4.36. The minimum Gasteiger partial charge on any atom is -0.373 e. The van der Waals surface area contributed by atoms with Crippen LogP contribution in [-0.4, -0.2) is 50.2 Å². The lowest BCUT2D eigenvalue weighted by Gasteiger charge is -2.32. The summed E-state index contributed by atoms with van der Waals surface area (Å²) in [7, 11) is 0. The van der Waals surface area contributed by atoms with Crippen molar-refractivity contribution in [3.8, 4) is 0 Å². The highest BCUT2D eigenvalue weighted by molar-refractivity contribution is 7.20. The molecule has 0 bridgehead atoms. The number of aromatic nitrogens is 5. The van der Waals surface area contributed by atoms with Crippen molar-refractivity contribution in [3.63, 3.8) is 0 Å². The van der Waals surface area contributed by atoms with Gasteiger partial charge < -0.3 is 9.64 Å². The standard InChI is InChI=1S/C17H24N6OS/c1-12-7-18-22(8-12)10-13-9-21(5-6-24-13)16-20-23-11-14(17(2,3)4)19-15(23)25-16/h7-8,11,13H,5-6,9-10H2,1-4H3. The molecule has 4 rings (SSSR count). The van der Waals surface area contributed by atoms with E-state index in [1.807, 2.05) is 27.8 Å². The Kier molecular flexibility index (Phi) is 4.04. The van der Waals surface area contributed by atoms with Gasteiger partial charge in [-0.05, 0) is 12.5 Å². The van der Waals surface area contributed by atoms with Crippen molar-refractivity contribution >= 4 is 21.4 Å². The van der Waals surface area contributed by atoms with E-state index in [9.17, 15) is 0 Å². The second kappa shape index (κ2) is 6.10. The lowest BCUT2D eigenvalue weighted by Crippen LogP contribution is -2.44. The Morgan fingerprint density at radius 2 is 2.16 bits per heavy atom. The van der Waals surface area contributed by atoms with Crippen LogP contribution in [0.5, 0.6) is 0 Å². The second-order valence-electron chi connectivity index (χ2n) is 7.67. The van der Waals surface area contributed by atoms with E-state index in [4.69, 9.17) is 14.8 Å². The van der Waals surface area contributed by atoms with E-state index in [2.05, 4.69) is 37.7 Å². The van der Waals surface area contributed by atoms with Gasteiger partial charge in [-0.15, -0.1) is 5.10 Å². The fourth-order valence-corrected chi connectivity index (χ4v) is 3.88. The fraction of sp³-hybridized carbons (Fsp3) is 0.588. The maximum Gasteiger partial charge on any atom is 0.214 e. The lowest BCUT2D eigenvalue weighted by atomic mass is 9.93. The Hall–Kier alpha value is -1.93. The lowest BCUT2D eigenvalue weighted by molar-refractivity contribution is 0.0273. The molecule has 3 aromatic rings. The SMILES string of the molecule is Cc1cnn(CC2CN(c3nn4cc(C(C)(C)C)nc4s3)CCO2)c1. The van der Waals surface area contributed by atoms with Crippen LogP contribution < -0.4 is 4.90 Å². The van der Waals surface area contributed by atoms with E-state index in [0.29, 0.717) is 6.61 Å². The Labute approximate surface area is 151 Å². The molecule has 0 spiro atoms. The van der Waals surface area contributed by atoms with Crippen molar-refractivity contribution < 1.29 is 4.74 Å². The molecule has 4 heterocycles. The van der Waals surface area contributed by atoms with Gasteiger partial charge in [-0.1, -0.05) is 32.1 Å². The normalized spacial score (nSPS) is 19.0. The van der Waals surface area contributed by atoms with E-state index in [1.54, 1.807) is 11.3 Å². The molecule has 1 aliphatic heterocycles. The largest absolute Gasteiger partial charge is 0.373 e. The fourth-order valence-electron chi connectivity index (χ4n) is 2.96. The predicted octanol–water partition coefficient (Wildman–Crippen LogP) is 2.50. The van der Waals surface area contributed by atoms with E-state index in [1.165, 1.54) is 5.56 Å². The summed E-state index contributed by atoms with van der Waals surface area (Å²) in [4.78, 5) is 7.98. The molecule has 1 fully saturated rings. The third-order valence-corrected chi connectivity index (χ3v) is 5.35. The summed E-state index contributed by atoms with van der Waals surface area (Å²) in [6.07, 6.45) is 6.09. The average Bonchev–Trinajstić information content (AvgIpc) is 3.21. The van der Waals surface area contributed by atoms with Crippen LogP contribution in [0.2, 0.25) is 0 Å². The summed E-state index contributed by atoms with van der Waals surface area (Å²) in [5.41, 5.74) is 2.29. The molecule has 0 saturated carbocycles. The molecule has 3 aromatic heterocycles. The Morgan fingerprint density at radius 1 is 1.32 bits per heavy atom. The summed E-state index contributed by atoms with van der Waals surface area (Å²) in [5.74, 6) is 0. The number of fused-ring (bicyclic) bond motifs is 1. The van der Waals surface area contributed by atoms with Crippen molar-refractivity contribution in [2.45, 2.75) is 45.8 Å². The highest BCUT2D eigenvalue weighted by Gasteiger charge is 2.25. The van der Waals surface area contributed by atoms with E-state index < -0.39 is 0 Å². The first-order valence-electron chi connectivity index (χ1n) is 8.61. The van der Waals surface area contributed by atoms with Gasteiger partial charge in [0.05, 0.1) is 37.3 Å². The molecule has 0 aromatic carbocycles. The topological polar surface area (TPSA) is 60.5 Å². The maximum absolute atomic E-state index is 5.91. The van der Waals surface area contributed by atoms with Crippen LogP contribution in [0.25, 0.3) is 4.96 Å². The third kappa shape index (κ3) is 3.41. The van der Waals surface area contributed by atoms with Crippen LogP contribution in [0.3, 0.4) is 0 Å². The molecule has 1 aliphatic rings. The highest BCUT2D eigenvalue weighted by atomic mass is 32.1. The first-order valence-corrected chi connectivity index (χ1v) is 9.42. The minimum atomic E-state index is 0.0412. The molecule has 0 N–H and O–H groups in total. The zero-order valence-electron chi connectivity index (χ0n) is 15.1. The van der Waals surface area contributed by atoms with E-state index in [-0.39, 0.29) is 11.5 Å². The Balaban J connectivity index is 1.49. The number of aryl methyl sites for hydroxylation is 1. The molecule has 1 unspecified atom stereocenters. The van der Waals surface area contributed by atoms with E-state index in [0.717, 1.165) is 35.4 Å². The van der Waals surface area contributed by atoms with Crippen molar-refractivity contribution in [2.75, 3.05) is 24.6 Å². The van der Waals surface area contributed by atoms with Crippen LogP contribution in [0, 0.1) is 6.92 Å². The Morgan fingerprint density at radius 3 is 2.84 bits per heavy atom. The zero-order valence-corrected chi connectivity index (χ0v) is 16.0. The predicted molar refractivity (Wildman–Crippen MR) is 98.5 cm³/mol. The molecular formula is C17H24N6OS. The highest BCUT2D eigenvalue weighted by Crippen LogP contribution is 2.28.